The molecule has 4 aromatic carbocycles. The predicted molar refractivity (Wildman–Crippen MR) is 157 cm³/mol. The van der Waals surface area contributed by atoms with E-state index in [0.717, 1.165) is 33.3 Å². The van der Waals surface area contributed by atoms with Gasteiger partial charge in [-0.15, -0.1) is 0 Å². The summed E-state index contributed by atoms with van der Waals surface area (Å²) in [6.45, 7) is 0.538. The van der Waals surface area contributed by atoms with E-state index in [9.17, 15) is 10.3 Å². The van der Waals surface area contributed by atoms with Crippen LogP contribution in [0.3, 0.4) is 0 Å². The third kappa shape index (κ3) is 5.66. The van der Waals surface area contributed by atoms with Gasteiger partial charge in [-0.25, -0.2) is 4.79 Å². The molecule has 0 aliphatic heterocycles. The lowest BCUT2D eigenvalue weighted by Gasteiger charge is -2.24. The minimum atomic E-state index is -0.398. The van der Waals surface area contributed by atoms with Crippen LogP contribution in [0.25, 0.3) is 21.3 Å². The topological polar surface area (TPSA) is 89.2 Å². The van der Waals surface area contributed by atoms with Crippen molar-refractivity contribution in [2.24, 2.45) is 5.11 Å². The number of hydrogen-bond donors (Lipinski definition) is 0. The summed E-state index contributed by atoms with van der Waals surface area (Å²) in [4.78, 5) is 14.8. The van der Waals surface area contributed by atoms with E-state index in [2.05, 4.69) is 38.9 Å². The number of benzene rings is 4. The lowest BCUT2D eigenvalue weighted by Crippen LogP contribution is -2.15. The highest BCUT2D eigenvalue weighted by atomic mass is 35.5. The maximum absolute atomic E-state index is 11.8. The molecule has 1 aromatic heterocycles. The smallest absolute Gasteiger partial charge is 0.337 e. The van der Waals surface area contributed by atoms with Gasteiger partial charge in [0, 0.05) is 33.0 Å². The molecule has 0 amide bonds. The number of nitrogens with zero attached hydrogens (tertiary/aromatic N) is 4. The van der Waals surface area contributed by atoms with Crippen LogP contribution in [0.2, 0.25) is 5.02 Å². The van der Waals surface area contributed by atoms with Crippen molar-refractivity contribution >= 4 is 28.5 Å². The van der Waals surface area contributed by atoms with E-state index in [4.69, 9.17) is 21.1 Å². The number of rotatable bonds is 10. The number of halogens is 1. The molecule has 0 saturated carbocycles. The Morgan fingerprint density at radius 3 is 2.20 bits per heavy atom. The second kappa shape index (κ2) is 12.4. The summed E-state index contributed by atoms with van der Waals surface area (Å²) in [6.07, 6.45) is 0.551. The number of ether oxygens (including phenoxy) is 2. The molecule has 0 unspecified atom stereocenters. The van der Waals surface area contributed by atoms with E-state index < -0.39 is 5.97 Å². The van der Waals surface area contributed by atoms with E-state index in [1.54, 1.807) is 24.3 Å². The second-order valence-corrected chi connectivity index (χ2v) is 9.62. The van der Waals surface area contributed by atoms with Gasteiger partial charge in [0.25, 0.3) is 0 Å². The molecule has 5 rings (SSSR count). The number of esters is 1. The van der Waals surface area contributed by atoms with Crippen LogP contribution in [-0.2, 0) is 17.7 Å². The Morgan fingerprint density at radius 2 is 1.60 bits per heavy atom. The average Bonchev–Trinajstić information content (AvgIpc) is 3.29. The number of aromatic nitrogens is 1. The van der Waals surface area contributed by atoms with E-state index >= 15 is 0 Å². The number of carbonyl (C=O) groups excluding carboxylic acids is 1. The maximum atomic E-state index is 11.8. The van der Waals surface area contributed by atoms with Crippen LogP contribution in [0.4, 0.5) is 0 Å². The van der Waals surface area contributed by atoms with Crippen molar-refractivity contribution in [3.8, 4) is 5.75 Å². The van der Waals surface area contributed by atoms with Crippen LogP contribution in [0, 0.1) is 0 Å². The summed E-state index contributed by atoms with van der Waals surface area (Å²) in [5.41, 5.74) is 14.8. The molecule has 7 nitrogen and oxygen atoms in total. The highest BCUT2D eigenvalue weighted by molar-refractivity contribution is 6.31. The summed E-state index contributed by atoms with van der Waals surface area (Å²) in [6, 6.07) is 33.1. The highest BCUT2D eigenvalue weighted by Crippen LogP contribution is 2.38. The minimum absolute atomic E-state index is 0.157. The van der Waals surface area contributed by atoms with Gasteiger partial charge in [-0.3, -0.25) is 0 Å². The van der Waals surface area contributed by atoms with E-state index in [1.165, 1.54) is 7.11 Å². The Bertz CT molecular complexity index is 1620. The fourth-order valence-electron chi connectivity index (χ4n) is 5.09. The number of azide groups is 1. The molecule has 200 valence electrons. The fraction of sp³-hybridized carbons (Fsp3) is 0.156. The van der Waals surface area contributed by atoms with Crippen LogP contribution in [-0.4, -0.2) is 24.3 Å². The number of carbonyl (C=O) groups is 1. The molecule has 0 aliphatic carbocycles. The third-order valence-electron chi connectivity index (χ3n) is 6.85. The standard InChI is InChI=1S/C32H27ClN4O3/c1-39-32(38)24-12-15-26(16-13-24)40-19-18-27-28-20-25(33)14-17-29(28)37(30(27)21-35-36-34)31(22-8-4-2-5-9-22)23-10-6-3-7-11-23/h2-17,20,31H,18-19,21H2,1H3. The van der Waals surface area contributed by atoms with Crippen LogP contribution in [0.1, 0.15) is 38.8 Å². The summed E-state index contributed by atoms with van der Waals surface area (Å²) in [5, 5.41) is 5.60. The SMILES string of the molecule is COC(=O)c1ccc(OCCc2c(CN=[N+]=[N-])n(C(c3ccccc3)c3ccccc3)c3ccc(Cl)cc23)cc1. The molecule has 1 heterocycles. The molecule has 0 bridgehead atoms. The molecule has 8 heteroatoms. The Hall–Kier alpha value is -4.71. The van der Waals surface area contributed by atoms with Crippen LogP contribution in [0.15, 0.2) is 108 Å². The van der Waals surface area contributed by atoms with E-state index in [0.29, 0.717) is 29.4 Å². The largest absolute Gasteiger partial charge is 0.493 e. The molecule has 0 radical (unpaired) electrons. The van der Waals surface area contributed by atoms with Gasteiger partial charge in [0.05, 0.1) is 31.9 Å². The summed E-state index contributed by atoms with van der Waals surface area (Å²) in [5.74, 6) is 0.239. The van der Waals surface area contributed by atoms with Crippen molar-refractivity contribution in [2.75, 3.05) is 13.7 Å². The van der Waals surface area contributed by atoms with Crippen molar-refractivity contribution in [3.05, 3.63) is 147 Å². The zero-order chi connectivity index (χ0) is 27.9. The van der Waals surface area contributed by atoms with Gasteiger partial charge in [-0.1, -0.05) is 77.4 Å². The summed E-state index contributed by atoms with van der Waals surface area (Å²) >= 11 is 6.49. The molecule has 0 aliphatic rings. The Morgan fingerprint density at radius 1 is 0.950 bits per heavy atom. The molecule has 0 spiro atoms. The van der Waals surface area contributed by atoms with Crippen LogP contribution < -0.4 is 4.74 Å². The molecule has 0 fully saturated rings. The van der Waals surface area contributed by atoms with Crippen molar-refractivity contribution in [3.63, 3.8) is 0 Å². The van der Waals surface area contributed by atoms with Gasteiger partial charge in [-0.05, 0) is 64.7 Å². The second-order valence-electron chi connectivity index (χ2n) is 9.18. The van der Waals surface area contributed by atoms with Crippen molar-refractivity contribution < 1.29 is 14.3 Å². The molecular weight excluding hydrogens is 524 g/mol. The van der Waals surface area contributed by atoms with Gasteiger partial charge in [0.15, 0.2) is 0 Å². The zero-order valence-corrected chi connectivity index (χ0v) is 22.7. The number of fused-ring (bicyclic) bond motifs is 1. The quantitative estimate of drug-likeness (QED) is 0.0760. The van der Waals surface area contributed by atoms with Crippen molar-refractivity contribution in [1.29, 1.82) is 0 Å². The number of hydrogen-bond acceptors (Lipinski definition) is 4. The lowest BCUT2D eigenvalue weighted by molar-refractivity contribution is 0.0600. The molecule has 0 N–H and O–H groups in total. The zero-order valence-electron chi connectivity index (χ0n) is 21.9. The van der Waals surface area contributed by atoms with Crippen LogP contribution >= 0.6 is 11.6 Å². The molecular formula is C32H27ClN4O3. The van der Waals surface area contributed by atoms with E-state index in [-0.39, 0.29) is 12.6 Å². The fourth-order valence-corrected chi connectivity index (χ4v) is 5.26. The Balaban J connectivity index is 1.59. The first-order chi connectivity index (χ1) is 19.6. The maximum Gasteiger partial charge on any atom is 0.337 e. The average molecular weight is 551 g/mol. The molecule has 40 heavy (non-hydrogen) atoms. The van der Waals surface area contributed by atoms with Gasteiger partial charge >= 0.3 is 5.97 Å². The summed E-state index contributed by atoms with van der Waals surface area (Å²) in [7, 11) is 1.35. The third-order valence-corrected chi connectivity index (χ3v) is 7.09. The Kier molecular flexibility index (Phi) is 8.35. The molecule has 5 aromatic rings. The highest BCUT2D eigenvalue weighted by Gasteiger charge is 2.25. The summed E-state index contributed by atoms with van der Waals surface area (Å²) < 4.78 is 13.1. The first kappa shape index (κ1) is 26.9. The first-order valence-electron chi connectivity index (χ1n) is 12.8. The van der Waals surface area contributed by atoms with Crippen molar-refractivity contribution in [2.45, 2.75) is 19.0 Å². The van der Waals surface area contributed by atoms with Gasteiger partial charge in [0.1, 0.15) is 5.75 Å². The lowest BCUT2D eigenvalue weighted by atomic mass is 9.98. The van der Waals surface area contributed by atoms with Gasteiger partial charge in [-0.2, -0.15) is 0 Å². The van der Waals surface area contributed by atoms with Gasteiger partial charge < -0.3 is 14.0 Å². The molecule has 0 atom stereocenters. The normalized spacial score (nSPS) is 10.9. The molecule has 0 saturated heterocycles. The Labute approximate surface area is 237 Å². The van der Waals surface area contributed by atoms with Gasteiger partial charge in [0.2, 0.25) is 0 Å². The first-order valence-corrected chi connectivity index (χ1v) is 13.2. The minimum Gasteiger partial charge on any atom is -0.493 e. The van der Waals surface area contributed by atoms with Crippen LogP contribution in [0.5, 0.6) is 5.75 Å². The number of methoxy groups -OCH3 is 1. The monoisotopic (exact) mass is 550 g/mol. The van der Waals surface area contributed by atoms with E-state index in [1.807, 2.05) is 54.6 Å². The predicted octanol–water partition coefficient (Wildman–Crippen LogP) is 8.15. The van der Waals surface area contributed by atoms with Crippen molar-refractivity contribution in [1.82, 2.24) is 4.57 Å².